The van der Waals surface area contributed by atoms with Crippen molar-refractivity contribution in [1.82, 2.24) is 0 Å². The fourth-order valence-electron chi connectivity index (χ4n) is 3.97. The van der Waals surface area contributed by atoms with Crippen molar-refractivity contribution in [2.75, 3.05) is 19.8 Å². The minimum absolute atomic E-state index is 0.107. The molecule has 0 spiro atoms. The molecule has 0 aliphatic heterocycles. The van der Waals surface area contributed by atoms with Gasteiger partial charge in [0.1, 0.15) is 18.2 Å². The Morgan fingerprint density at radius 2 is 1.69 bits per heavy atom. The first-order valence-corrected chi connectivity index (χ1v) is 12.1. The number of aryl methyl sites for hydroxylation is 1. The fraction of sp³-hybridized carbons (Fsp3) is 0.300. The average molecular weight is 477 g/mol. The normalized spacial score (nSPS) is 10.7. The van der Waals surface area contributed by atoms with Crippen LogP contribution in [-0.4, -0.2) is 30.9 Å². The quantitative estimate of drug-likeness (QED) is 0.173. The molecule has 4 nitrogen and oxygen atoms in total. The van der Waals surface area contributed by atoms with E-state index in [0.29, 0.717) is 23.3 Å². The van der Waals surface area contributed by atoms with Gasteiger partial charge in [0.05, 0.1) is 13.2 Å². The van der Waals surface area contributed by atoms with Gasteiger partial charge in [0.25, 0.3) is 0 Å². The van der Waals surface area contributed by atoms with Crippen LogP contribution >= 0.6 is 0 Å². The van der Waals surface area contributed by atoms with Gasteiger partial charge in [-0.2, -0.15) is 0 Å². The highest BCUT2D eigenvalue weighted by Gasteiger charge is 2.13. The van der Waals surface area contributed by atoms with Gasteiger partial charge in [0.2, 0.25) is 0 Å². The number of ether oxygens (including phenoxy) is 2. The second-order valence-corrected chi connectivity index (χ2v) is 8.36. The van der Waals surface area contributed by atoms with Gasteiger partial charge in [-0.1, -0.05) is 68.8 Å². The Balaban J connectivity index is 1.84. The van der Waals surface area contributed by atoms with E-state index >= 15 is 4.39 Å². The lowest BCUT2D eigenvalue weighted by Gasteiger charge is -2.14. The lowest BCUT2D eigenvalue weighted by atomic mass is 9.94. The number of carbonyl (C=O) groups excluding carboxylic acids is 1. The van der Waals surface area contributed by atoms with Crippen LogP contribution in [0.2, 0.25) is 0 Å². The van der Waals surface area contributed by atoms with Crippen molar-refractivity contribution >= 4 is 5.97 Å². The van der Waals surface area contributed by atoms with Crippen LogP contribution in [0.25, 0.3) is 22.3 Å². The number of carbonyl (C=O) groups is 1. The second kappa shape index (κ2) is 13.4. The summed E-state index contributed by atoms with van der Waals surface area (Å²) in [6.45, 7) is 5.77. The maximum atomic E-state index is 15.3. The van der Waals surface area contributed by atoms with Crippen LogP contribution in [-0.2, 0) is 22.4 Å². The Kier molecular flexibility index (Phi) is 10.1. The predicted molar refractivity (Wildman–Crippen MR) is 138 cm³/mol. The molecule has 0 unspecified atom stereocenters. The minimum atomic E-state index is -0.508. The molecule has 0 amide bonds. The first-order valence-electron chi connectivity index (χ1n) is 12.1. The molecule has 35 heavy (non-hydrogen) atoms. The Hall–Kier alpha value is -3.44. The second-order valence-electron chi connectivity index (χ2n) is 8.36. The molecular formula is C30H33FO4. The molecule has 1 N–H and O–H groups in total. The number of aliphatic hydroxyl groups is 1. The van der Waals surface area contributed by atoms with Crippen LogP contribution in [0.3, 0.4) is 0 Å². The Morgan fingerprint density at radius 1 is 0.943 bits per heavy atom. The molecular weight excluding hydrogens is 443 g/mol. The third-order valence-electron chi connectivity index (χ3n) is 5.83. The molecule has 0 saturated carbocycles. The molecule has 3 aromatic carbocycles. The summed E-state index contributed by atoms with van der Waals surface area (Å²) in [5.74, 6) is -0.280. The number of rotatable bonds is 13. The monoisotopic (exact) mass is 476 g/mol. The third-order valence-corrected chi connectivity index (χ3v) is 5.83. The predicted octanol–water partition coefficient (Wildman–Crippen LogP) is 6.54. The molecule has 0 bridgehead atoms. The maximum Gasteiger partial charge on any atom is 0.330 e. The van der Waals surface area contributed by atoms with Gasteiger partial charge in [-0.25, -0.2) is 9.18 Å². The zero-order chi connectivity index (χ0) is 25.0. The van der Waals surface area contributed by atoms with E-state index < -0.39 is 5.97 Å². The summed E-state index contributed by atoms with van der Waals surface area (Å²) in [4.78, 5) is 11.4. The largest absolute Gasteiger partial charge is 0.491 e. The van der Waals surface area contributed by atoms with Crippen molar-refractivity contribution < 1.29 is 23.8 Å². The van der Waals surface area contributed by atoms with Crippen LogP contribution in [0.1, 0.15) is 37.3 Å². The highest BCUT2D eigenvalue weighted by molar-refractivity contribution is 5.81. The van der Waals surface area contributed by atoms with Crippen molar-refractivity contribution in [3.05, 3.63) is 90.3 Å². The summed E-state index contributed by atoms with van der Waals surface area (Å²) in [5, 5.41) is 9.04. The molecule has 3 aromatic rings. The molecule has 0 fully saturated rings. The van der Waals surface area contributed by atoms with Gasteiger partial charge in [0.15, 0.2) is 0 Å². The maximum absolute atomic E-state index is 15.3. The van der Waals surface area contributed by atoms with E-state index in [1.807, 2.05) is 18.2 Å². The van der Waals surface area contributed by atoms with Gasteiger partial charge in [0, 0.05) is 18.1 Å². The highest BCUT2D eigenvalue weighted by Crippen LogP contribution is 2.32. The van der Waals surface area contributed by atoms with Crippen molar-refractivity contribution in [1.29, 1.82) is 0 Å². The van der Waals surface area contributed by atoms with Gasteiger partial charge in [-0.3, -0.25) is 0 Å². The SMILES string of the molecule is C=CC(=O)OCCc1cc(OCCO)ccc1-c1ccc(-c2ccc(CCCCC)cc2)cc1F. The fourth-order valence-corrected chi connectivity index (χ4v) is 3.97. The van der Waals surface area contributed by atoms with Crippen molar-refractivity contribution in [2.45, 2.75) is 39.0 Å². The molecule has 0 aromatic heterocycles. The molecule has 184 valence electrons. The smallest absolute Gasteiger partial charge is 0.330 e. The summed E-state index contributed by atoms with van der Waals surface area (Å²) >= 11 is 0. The van der Waals surface area contributed by atoms with Crippen LogP contribution < -0.4 is 4.74 Å². The number of hydrogen-bond acceptors (Lipinski definition) is 4. The van der Waals surface area contributed by atoms with Crippen molar-refractivity contribution in [3.63, 3.8) is 0 Å². The topological polar surface area (TPSA) is 55.8 Å². The molecule has 3 rings (SSSR count). The van der Waals surface area contributed by atoms with E-state index in [1.54, 1.807) is 30.3 Å². The van der Waals surface area contributed by atoms with E-state index in [0.717, 1.165) is 29.2 Å². The van der Waals surface area contributed by atoms with E-state index in [4.69, 9.17) is 14.6 Å². The number of aliphatic hydroxyl groups excluding tert-OH is 1. The molecule has 5 heteroatoms. The minimum Gasteiger partial charge on any atom is -0.491 e. The van der Waals surface area contributed by atoms with E-state index in [-0.39, 0.29) is 25.6 Å². The van der Waals surface area contributed by atoms with Gasteiger partial charge < -0.3 is 14.6 Å². The standard InChI is InChI=1S/C30H33FO4/c1-3-5-6-7-22-8-10-23(11-9-22)24-12-14-28(29(31)21-24)27-15-13-26(34-19-17-32)20-25(27)16-18-35-30(33)4-2/h4,8-15,20-21,32H,2-3,5-7,16-19H2,1H3. The van der Waals surface area contributed by atoms with E-state index in [1.165, 1.54) is 24.8 Å². The number of benzene rings is 3. The average Bonchev–Trinajstić information content (AvgIpc) is 2.88. The molecule has 0 saturated heterocycles. The summed E-state index contributed by atoms with van der Waals surface area (Å²) in [6, 6.07) is 18.9. The molecule has 0 atom stereocenters. The lowest BCUT2D eigenvalue weighted by Crippen LogP contribution is -2.06. The summed E-state index contributed by atoms with van der Waals surface area (Å²) in [5.41, 5.74) is 5.02. The third kappa shape index (κ3) is 7.52. The van der Waals surface area contributed by atoms with Crippen molar-refractivity contribution in [3.8, 4) is 28.0 Å². The summed E-state index contributed by atoms with van der Waals surface area (Å²) in [7, 11) is 0. The molecule has 0 radical (unpaired) electrons. The highest BCUT2D eigenvalue weighted by atomic mass is 19.1. The molecule has 0 aliphatic carbocycles. The zero-order valence-electron chi connectivity index (χ0n) is 20.3. The van der Waals surface area contributed by atoms with Crippen LogP contribution in [0.15, 0.2) is 73.3 Å². The zero-order valence-corrected chi connectivity index (χ0v) is 20.3. The van der Waals surface area contributed by atoms with Crippen molar-refractivity contribution in [2.24, 2.45) is 0 Å². The van der Waals surface area contributed by atoms with Crippen LogP contribution in [0.4, 0.5) is 4.39 Å². The van der Waals surface area contributed by atoms with Gasteiger partial charge >= 0.3 is 5.97 Å². The Morgan fingerprint density at radius 3 is 2.37 bits per heavy atom. The number of halogens is 1. The van der Waals surface area contributed by atoms with Gasteiger partial charge in [-0.15, -0.1) is 0 Å². The van der Waals surface area contributed by atoms with Gasteiger partial charge in [-0.05, 0) is 58.9 Å². The summed E-state index contributed by atoms with van der Waals surface area (Å²) in [6.07, 6.45) is 6.15. The number of hydrogen-bond donors (Lipinski definition) is 1. The number of unbranched alkanes of at least 4 members (excludes halogenated alkanes) is 2. The summed E-state index contributed by atoms with van der Waals surface area (Å²) < 4.78 is 26.0. The molecule has 0 heterocycles. The van der Waals surface area contributed by atoms with E-state index in [9.17, 15) is 4.79 Å². The van der Waals surface area contributed by atoms with Crippen LogP contribution in [0.5, 0.6) is 5.75 Å². The van der Waals surface area contributed by atoms with Crippen LogP contribution in [0, 0.1) is 5.82 Å². The van der Waals surface area contributed by atoms with E-state index in [2.05, 4.69) is 25.6 Å². The Bertz CT molecular complexity index is 1120. The lowest BCUT2D eigenvalue weighted by molar-refractivity contribution is -0.137. The number of esters is 1. The first kappa shape index (κ1) is 26.2. The first-order chi connectivity index (χ1) is 17.0. The molecule has 0 aliphatic rings. The Labute approximate surface area is 207 Å².